The third kappa shape index (κ3) is 8.17. The van der Waals surface area contributed by atoms with Gasteiger partial charge in [0.05, 0.1) is 18.8 Å². The van der Waals surface area contributed by atoms with E-state index in [0.29, 0.717) is 23.4 Å². The molecule has 1 aliphatic carbocycles. The van der Waals surface area contributed by atoms with Gasteiger partial charge in [0.15, 0.2) is 12.4 Å². The molecular weight excluding hydrogens is 604 g/mol. The van der Waals surface area contributed by atoms with Gasteiger partial charge in [-0.15, -0.1) is 0 Å². The van der Waals surface area contributed by atoms with Crippen molar-refractivity contribution in [2.45, 2.75) is 104 Å². The van der Waals surface area contributed by atoms with E-state index in [1.807, 2.05) is 30.3 Å². The van der Waals surface area contributed by atoms with Gasteiger partial charge in [-0.1, -0.05) is 87.5 Å². The Hall–Kier alpha value is -3.56. The van der Waals surface area contributed by atoms with E-state index in [1.54, 1.807) is 6.92 Å². The number of fused-ring (bicyclic) bond motifs is 2. The summed E-state index contributed by atoms with van der Waals surface area (Å²) in [6.45, 7) is 12.5. The zero-order chi connectivity index (χ0) is 34.1. The van der Waals surface area contributed by atoms with E-state index in [9.17, 15) is 14.7 Å². The fourth-order valence-electron chi connectivity index (χ4n) is 8.41. The summed E-state index contributed by atoms with van der Waals surface area (Å²) in [6.07, 6.45) is 3.09. The molecule has 2 saturated heterocycles. The zero-order valence-electron chi connectivity index (χ0n) is 28.9. The third-order valence-corrected chi connectivity index (χ3v) is 10.2. The number of aliphatic hydroxyl groups excluding tert-OH is 1. The number of amides is 1. The summed E-state index contributed by atoms with van der Waals surface area (Å²) in [5.41, 5.74) is 6.70. The molecule has 0 radical (unpaired) electrons. The molecule has 6 atom stereocenters. The molecule has 0 aromatic heterocycles. The van der Waals surface area contributed by atoms with Crippen molar-refractivity contribution in [2.24, 2.45) is 10.8 Å². The molecule has 3 fully saturated rings. The van der Waals surface area contributed by atoms with Crippen LogP contribution in [0.4, 0.5) is 0 Å². The molecule has 3 aliphatic rings. The molecule has 3 aromatic carbocycles. The molecular formula is C40H50N2O6. The van der Waals surface area contributed by atoms with Crippen LogP contribution in [0.15, 0.2) is 72.8 Å². The van der Waals surface area contributed by atoms with Gasteiger partial charge in [0.2, 0.25) is 0 Å². The molecule has 2 unspecified atom stereocenters. The first-order chi connectivity index (χ1) is 22.9. The minimum atomic E-state index is -0.841. The van der Waals surface area contributed by atoms with Crippen LogP contribution >= 0.6 is 0 Å². The lowest BCUT2D eigenvalue weighted by Gasteiger charge is -2.41. The van der Waals surface area contributed by atoms with Crippen LogP contribution in [0.2, 0.25) is 0 Å². The number of hydrogen-bond donors (Lipinski definition) is 2. The van der Waals surface area contributed by atoms with Crippen molar-refractivity contribution in [1.29, 1.82) is 0 Å². The Balaban J connectivity index is 1.17. The van der Waals surface area contributed by atoms with Crippen molar-refractivity contribution >= 4 is 11.9 Å². The molecule has 2 aliphatic heterocycles. The average molecular weight is 655 g/mol. The van der Waals surface area contributed by atoms with E-state index < -0.39 is 18.4 Å². The molecule has 0 spiro atoms. The minimum absolute atomic E-state index is 0.0187. The van der Waals surface area contributed by atoms with Crippen molar-refractivity contribution in [3.63, 3.8) is 0 Å². The van der Waals surface area contributed by atoms with Crippen LogP contribution in [-0.4, -0.2) is 53.2 Å². The Kier molecular flexibility index (Phi) is 10.1. The zero-order valence-corrected chi connectivity index (χ0v) is 28.9. The lowest BCUT2D eigenvalue weighted by Crippen LogP contribution is -2.42. The van der Waals surface area contributed by atoms with E-state index in [1.165, 1.54) is 26.2 Å². The summed E-state index contributed by atoms with van der Waals surface area (Å²) in [5.74, 6) is -0.818. The Bertz CT molecular complexity index is 1590. The third-order valence-electron chi connectivity index (χ3n) is 10.2. The van der Waals surface area contributed by atoms with Crippen molar-refractivity contribution in [3.8, 4) is 11.1 Å². The van der Waals surface area contributed by atoms with Gasteiger partial charge in [-0.3, -0.25) is 14.5 Å². The monoisotopic (exact) mass is 654 g/mol. The van der Waals surface area contributed by atoms with Crippen LogP contribution in [-0.2, 0) is 37.0 Å². The van der Waals surface area contributed by atoms with E-state index in [0.717, 1.165) is 52.9 Å². The van der Waals surface area contributed by atoms with Gasteiger partial charge < -0.3 is 24.6 Å². The Morgan fingerprint density at radius 1 is 0.958 bits per heavy atom. The maximum atomic E-state index is 12.3. The Morgan fingerprint density at radius 2 is 1.69 bits per heavy atom. The van der Waals surface area contributed by atoms with Crippen LogP contribution in [0.25, 0.3) is 11.1 Å². The van der Waals surface area contributed by atoms with E-state index in [2.05, 4.69) is 73.5 Å². The van der Waals surface area contributed by atoms with Crippen LogP contribution in [0.3, 0.4) is 0 Å². The van der Waals surface area contributed by atoms with Gasteiger partial charge in [-0.2, -0.15) is 0 Å². The molecule has 8 nitrogen and oxygen atoms in total. The molecule has 1 saturated carbocycles. The number of carbonyl (C=O) groups is 2. The molecule has 1 amide bonds. The number of hydrogen-bond acceptors (Lipinski definition) is 7. The number of nitrogens with zero attached hydrogens (tertiary/aromatic N) is 1. The number of benzene rings is 3. The van der Waals surface area contributed by atoms with Crippen LogP contribution in [0.1, 0.15) is 94.9 Å². The Labute approximate surface area is 284 Å². The standard InChI is InChI=1S/C40H50N2O6/c1-26(46-27(2)44)37(45)41-21-29-7-6-8-33(17-29)30-13-15-32(16-14-30)38-47-35(18-36(48-38)31-11-9-28(23-43)10-12-31)22-42-25-40(5)20-34(42)19-39(3,4)24-40/h6-17,26,34-36,38,43H,18-25H2,1-5H3,(H,41,45)/t26-,34?,35-,36+,38+,40?/m0/s1. The second-order valence-electron chi connectivity index (χ2n) is 15.3. The number of nitrogens with one attached hydrogen (secondary N) is 1. The Morgan fingerprint density at radius 3 is 2.40 bits per heavy atom. The number of ether oxygens (including phenoxy) is 3. The smallest absolute Gasteiger partial charge is 0.303 e. The molecule has 2 heterocycles. The molecule has 2 N–H and O–H groups in total. The fraction of sp³-hybridized carbons (Fsp3) is 0.500. The minimum Gasteiger partial charge on any atom is -0.453 e. The van der Waals surface area contributed by atoms with Gasteiger partial charge in [-0.25, -0.2) is 0 Å². The van der Waals surface area contributed by atoms with E-state index >= 15 is 0 Å². The predicted octanol–water partition coefficient (Wildman–Crippen LogP) is 6.86. The van der Waals surface area contributed by atoms with Gasteiger partial charge in [0.25, 0.3) is 5.91 Å². The summed E-state index contributed by atoms with van der Waals surface area (Å²) in [5, 5.41) is 12.4. The molecule has 8 heteroatoms. The second-order valence-corrected chi connectivity index (χ2v) is 15.3. The normalized spacial score (nSPS) is 27.3. The molecule has 6 rings (SSSR count). The number of rotatable bonds is 10. The van der Waals surface area contributed by atoms with E-state index in [4.69, 9.17) is 14.2 Å². The number of likely N-dealkylation sites (tertiary alicyclic amines) is 1. The number of carbonyl (C=O) groups excluding carboxylic acids is 2. The lowest BCUT2D eigenvalue weighted by molar-refractivity contribution is -0.253. The summed E-state index contributed by atoms with van der Waals surface area (Å²) in [4.78, 5) is 26.2. The van der Waals surface area contributed by atoms with Crippen LogP contribution in [0, 0.1) is 10.8 Å². The fourth-order valence-corrected chi connectivity index (χ4v) is 8.41. The number of aliphatic hydroxyl groups is 1. The predicted molar refractivity (Wildman–Crippen MR) is 184 cm³/mol. The first-order valence-electron chi connectivity index (χ1n) is 17.3. The molecule has 48 heavy (non-hydrogen) atoms. The quantitative estimate of drug-likeness (QED) is 0.231. The molecule has 2 bridgehead atoms. The average Bonchev–Trinajstić information content (AvgIpc) is 3.30. The topological polar surface area (TPSA) is 97.3 Å². The van der Waals surface area contributed by atoms with E-state index in [-0.39, 0.29) is 24.7 Å². The highest BCUT2D eigenvalue weighted by Gasteiger charge is 2.50. The van der Waals surface area contributed by atoms with Crippen molar-refractivity contribution in [2.75, 3.05) is 13.1 Å². The summed E-state index contributed by atoms with van der Waals surface area (Å²) >= 11 is 0. The summed E-state index contributed by atoms with van der Waals surface area (Å²) in [7, 11) is 0. The lowest BCUT2D eigenvalue weighted by atomic mass is 9.65. The summed E-state index contributed by atoms with van der Waals surface area (Å²) in [6, 6.07) is 25.0. The first kappa shape index (κ1) is 34.3. The van der Waals surface area contributed by atoms with Gasteiger partial charge >= 0.3 is 5.97 Å². The van der Waals surface area contributed by atoms with Gasteiger partial charge in [0.1, 0.15) is 0 Å². The van der Waals surface area contributed by atoms with Crippen molar-refractivity contribution < 1.29 is 28.9 Å². The highest BCUT2D eigenvalue weighted by molar-refractivity contribution is 5.82. The van der Waals surface area contributed by atoms with Gasteiger partial charge in [-0.05, 0) is 70.9 Å². The summed E-state index contributed by atoms with van der Waals surface area (Å²) < 4.78 is 18.4. The SMILES string of the molecule is CC(=O)O[C@@H](C)C(=O)NCc1cccc(-c2ccc([C@@H]3O[C@H](CN4CC5(C)CC4CC(C)(C)C5)C[C@H](c4ccc(CO)cc4)O3)cc2)c1. The largest absolute Gasteiger partial charge is 0.453 e. The highest BCUT2D eigenvalue weighted by Crippen LogP contribution is 2.53. The maximum Gasteiger partial charge on any atom is 0.303 e. The van der Waals surface area contributed by atoms with Crippen molar-refractivity contribution in [1.82, 2.24) is 10.2 Å². The maximum absolute atomic E-state index is 12.3. The number of esters is 1. The van der Waals surface area contributed by atoms with Crippen molar-refractivity contribution in [3.05, 3.63) is 95.1 Å². The van der Waals surface area contributed by atoms with Gasteiger partial charge in [0, 0.05) is 44.6 Å². The van der Waals surface area contributed by atoms with Crippen LogP contribution in [0.5, 0.6) is 0 Å². The first-order valence-corrected chi connectivity index (χ1v) is 17.3. The second kappa shape index (κ2) is 14.1. The molecule has 3 aromatic rings. The molecule has 256 valence electrons. The van der Waals surface area contributed by atoms with Crippen LogP contribution < -0.4 is 5.32 Å². The highest BCUT2D eigenvalue weighted by atomic mass is 16.7.